The Bertz CT molecular complexity index is 504. The number of rotatable bonds is 4. The highest BCUT2D eigenvalue weighted by Gasteiger charge is 2.22. The fraction of sp³-hybridized carbons (Fsp3) is 0.400. The number of nitrogens with zero attached hydrogens (tertiary/aromatic N) is 1. The third-order valence-corrected chi connectivity index (χ3v) is 3.46. The van der Waals surface area contributed by atoms with E-state index < -0.39 is 0 Å². The van der Waals surface area contributed by atoms with E-state index in [0.29, 0.717) is 5.92 Å². The molecule has 2 unspecified atom stereocenters. The van der Waals surface area contributed by atoms with Crippen LogP contribution in [0.25, 0.3) is 0 Å². The van der Waals surface area contributed by atoms with Crippen LogP contribution in [0.3, 0.4) is 0 Å². The maximum absolute atomic E-state index is 5.63. The van der Waals surface area contributed by atoms with Crippen molar-refractivity contribution in [1.82, 2.24) is 10.3 Å². The van der Waals surface area contributed by atoms with Gasteiger partial charge in [0.2, 0.25) is 0 Å². The molecule has 0 radical (unpaired) electrons. The van der Waals surface area contributed by atoms with Gasteiger partial charge in [-0.2, -0.15) is 0 Å². The minimum atomic E-state index is 0.254. The topological polar surface area (TPSA) is 38.1 Å². The van der Waals surface area contributed by atoms with E-state index in [1.165, 1.54) is 11.1 Å². The smallest absolute Gasteiger partial charge is 0.105 e. The summed E-state index contributed by atoms with van der Waals surface area (Å²) >= 11 is 0. The summed E-state index contributed by atoms with van der Waals surface area (Å²) in [7, 11) is 1.99. The average molecular weight is 244 g/mol. The van der Waals surface area contributed by atoms with E-state index in [1.807, 2.05) is 33.3 Å². The lowest BCUT2D eigenvalue weighted by molar-refractivity contribution is 0.470. The molecular weight excluding hydrogens is 224 g/mol. The number of aromatic nitrogens is 1. The van der Waals surface area contributed by atoms with Gasteiger partial charge in [0.05, 0.1) is 0 Å². The standard InChI is InChI=1S/C15H20N2O/c1-10-9-14(12(3)18-10)15(16-4)11(2)13-5-7-17-8-6-13/h5-9,11,15-16H,1-4H3. The molecule has 0 aliphatic rings. The zero-order valence-electron chi connectivity index (χ0n) is 11.4. The second-order valence-corrected chi connectivity index (χ2v) is 4.70. The van der Waals surface area contributed by atoms with E-state index in [4.69, 9.17) is 4.42 Å². The Hall–Kier alpha value is -1.61. The first-order valence-electron chi connectivity index (χ1n) is 6.27. The fourth-order valence-corrected chi connectivity index (χ4v) is 2.49. The van der Waals surface area contributed by atoms with Crippen LogP contribution in [0.5, 0.6) is 0 Å². The molecule has 1 N–H and O–H groups in total. The molecule has 0 saturated carbocycles. The van der Waals surface area contributed by atoms with Crippen LogP contribution >= 0.6 is 0 Å². The lowest BCUT2D eigenvalue weighted by atomic mass is 9.89. The molecule has 2 rings (SSSR count). The van der Waals surface area contributed by atoms with Crippen LogP contribution in [-0.4, -0.2) is 12.0 Å². The van der Waals surface area contributed by atoms with Gasteiger partial charge in [-0.3, -0.25) is 4.98 Å². The van der Waals surface area contributed by atoms with E-state index in [2.05, 4.69) is 35.4 Å². The molecule has 0 bridgehead atoms. The first-order valence-corrected chi connectivity index (χ1v) is 6.27. The van der Waals surface area contributed by atoms with Crippen molar-refractivity contribution >= 4 is 0 Å². The Morgan fingerprint density at radius 3 is 2.39 bits per heavy atom. The number of likely N-dealkylation sites (N-methyl/N-ethyl adjacent to an activating group) is 1. The summed E-state index contributed by atoms with van der Waals surface area (Å²) in [6.45, 7) is 6.23. The third kappa shape index (κ3) is 2.46. The molecular formula is C15H20N2O. The van der Waals surface area contributed by atoms with E-state index in [9.17, 15) is 0 Å². The molecule has 0 saturated heterocycles. The molecule has 96 valence electrons. The van der Waals surface area contributed by atoms with Crippen molar-refractivity contribution in [2.75, 3.05) is 7.05 Å². The van der Waals surface area contributed by atoms with Gasteiger partial charge in [0, 0.05) is 29.9 Å². The number of pyridine rings is 1. The summed E-state index contributed by atoms with van der Waals surface area (Å²) in [5, 5.41) is 3.39. The molecule has 2 atom stereocenters. The predicted octanol–water partition coefficient (Wildman–Crippen LogP) is 3.36. The van der Waals surface area contributed by atoms with Gasteiger partial charge < -0.3 is 9.73 Å². The van der Waals surface area contributed by atoms with Crippen molar-refractivity contribution in [3.8, 4) is 0 Å². The highest BCUT2D eigenvalue weighted by atomic mass is 16.3. The van der Waals surface area contributed by atoms with Gasteiger partial charge in [0.25, 0.3) is 0 Å². The Balaban J connectivity index is 2.32. The SMILES string of the molecule is CNC(c1cc(C)oc1C)C(C)c1ccncc1. The van der Waals surface area contributed by atoms with Crippen LogP contribution in [0.4, 0.5) is 0 Å². The highest BCUT2D eigenvalue weighted by Crippen LogP contribution is 2.33. The molecule has 0 aromatic carbocycles. The molecule has 2 heterocycles. The predicted molar refractivity (Wildman–Crippen MR) is 72.6 cm³/mol. The zero-order valence-corrected chi connectivity index (χ0v) is 11.4. The Kier molecular flexibility index (Phi) is 3.82. The monoisotopic (exact) mass is 244 g/mol. The van der Waals surface area contributed by atoms with Gasteiger partial charge >= 0.3 is 0 Å². The summed E-state index contributed by atoms with van der Waals surface area (Å²) in [6, 6.07) is 6.51. The Morgan fingerprint density at radius 1 is 1.22 bits per heavy atom. The molecule has 0 aliphatic heterocycles. The molecule has 2 aromatic rings. The van der Waals surface area contributed by atoms with Crippen LogP contribution in [-0.2, 0) is 0 Å². The summed E-state index contributed by atoms with van der Waals surface area (Å²) in [5.74, 6) is 2.33. The first-order chi connectivity index (χ1) is 8.63. The van der Waals surface area contributed by atoms with E-state index in [0.717, 1.165) is 11.5 Å². The van der Waals surface area contributed by atoms with Crippen LogP contribution in [0.2, 0.25) is 0 Å². The van der Waals surface area contributed by atoms with Crippen molar-refractivity contribution in [3.05, 3.63) is 53.2 Å². The van der Waals surface area contributed by atoms with E-state index >= 15 is 0 Å². The van der Waals surface area contributed by atoms with Crippen molar-refractivity contribution in [2.24, 2.45) is 0 Å². The summed E-state index contributed by atoms with van der Waals surface area (Å²) in [6.07, 6.45) is 3.68. The lowest BCUT2D eigenvalue weighted by Gasteiger charge is -2.23. The average Bonchev–Trinajstić information content (AvgIpc) is 2.70. The third-order valence-electron chi connectivity index (χ3n) is 3.46. The number of furan rings is 1. The maximum Gasteiger partial charge on any atom is 0.105 e. The summed E-state index contributed by atoms with van der Waals surface area (Å²) in [4.78, 5) is 4.07. The minimum Gasteiger partial charge on any atom is -0.466 e. The Morgan fingerprint density at radius 2 is 1.89 bits per heavy atom. The van der Waals surface area contributed by atoms with Crippen molar-refractivity contribution in [3.63, 3.8) is 0 Å². The zero-order chi connectivity index (χ0) is 13.1. The highest BCUT2D eigenvalue weighted by molar-refractivity contribution is 5.29. The maximum atomic E-state index is 5.63. The molecule has 0 aliphatic carbocycles. The molecule has 3 heteroatoms. The van der Waals surface area contributed by atoms with Crippen molar-refractivity contribution in [1.29, 1.82) is 0 Å². The quantitative estimate of drug-likeness (QED) is 0.896. The van der Waals surface area contributed by atoms with Gasteiger partial charge in [0.1, 0.15) is 11.5 Å². The molecule has 0 fully saturated rings. The summed E-state index contributed by atoms with van der Waals surface area (Å²) < 4.78 is 5.63. The van der Waals surface area contributed by atoms with Crippen LogP contribution in [0, 0.1) is 13.8 Å². The molecule has 0 spiro atoms. The molecule has 18 heavy (non-hydrogen) atoms. The number of aryl methyl sites for hydroxylation is 2. The number of hydrogen-bond acceptors (Lipinski definition) is 3. The normalized spacial score (nSPS) is 14.4. The second-order valence-electron chi connectivity index (χ2n) is 4.70. The summed E-state index contributed by atoms with van der Waals surface area (Å²) in [5.41, 5.74) is 2.52. The van der Waals surface area contributed by atoms with Gasteiger partial charge in [-0.15, -0.1) is 0 Å². The van der Waals surface area contributed by atoms with E-state index in [-0.39, 0.29) is 6.04 Å². The Labute approximate surface area is 108 Å². The van der Waals surface area contributed by atoms with Crippen LogP contribution in [0.1, 0.15) is 41.5 Å². The van der Waals surface area contributed by atoms with Gasteiger partial charge in [-0.25, -0.2) is 0 Å². The fourth-order valence-electron chi connectivity index (χ4n) is 2.49. The number of nitrogens with one attached hydrogen (secondary N) is 1. The minimum absolute atomic E-state index is 0.254. The van der Waals surface area contributed by atoms with Crippen molar-refractivity contribution in [2.45, 2.75) is 32.7 Å². The lowest BCUT2D eigenvalue weighted by Crippen LogP contribution is -2.22. The van der Waals surface area contributed by atoms with Crippen molar-refractivity contribution < 1.29 is 4.42 Å². The van der Waals surface area contributed by atoms with Crippen LogP contribution < -0.4 is 5.32 Å². The first kappa shape index (κ1) is 12.8. The largest absolute Gasteiger partial charge is 0.466 e. The molecule has 2 aromatic heterocycles. The van der Waals surface area contributed by atoms with Gasteiger partial charge in [0.15, 0.2) is 0 Å². The molecule has 0 amide bonds. The van der Waals surface area contributed by atoms with E-state index in [1.54, 1.807) is 0 Å². The van der Waals surface area contributed by atoms with Gasteiger partial charge in [-0.05, 0) is 44.7 Å². The number of hydrogen-bond donors (Lipinski definition) is 1. The second kappa shape index (κ2) is 5.36. The molecule has 3 nitrogen and oxygen atoms in total. The van der Waals surface area contributed by atoms with Crippen LogP contribution in [0.15, 0.2) is 35.0 Å². The van der Waals surface area contributed by atoms with Gasteiger partial charge in [-0.1, -0.05) is 6.92 Å².